The van der Waals surface area contributed by atoms with Gasteiger partial charge in [0, 0.05) is 42.4 Å². The van der Waals surface area contributed by atoms with Gasteiger partial charge in [0.05, 0.1) is 11.6 Å². The number of aromatic amines is 1. The topological polar surface area (TPSA) is 102 Å². The summed E-state index contributed by atoms with van der Waals surface area (Å²) >= 11 is 0. The number of nitrogens with one attached hydrogen (secondary N) is 2. The van der Waals surface area contributed by atoms with Gasteiger partial charge in [-0.1, -0.05) is 109 Å². The molecule has 1 unspecified atom stereocenters. The molecule has 0 fully saturated rings. The SMILES string of the molecule is CC(C)(N)C(=O)NC(Cc1c[nH]c2ccccc12)c1nnc(Cc2ccccc2)n1CC(c1ccccc1)c1ccccc1. The second-order valence-corrected chi connectivity index (χ2v) is 11.9. The van der Waals surface area contributed by atoms with E-state index in [-0.39, 0.29) is 11.8 Å². The molecule has 0 radical (unpaired) electrons. The van der Waals surface area contributed by atoms with Gasteiger partial charge in [-0.3, -0.25) is 4.79 Å². The van der Waals surface area contributed by atoms with Crippen molar-refractivity contribution in [3.63, 3.8) is 0 Å². The molecule has 2 aromatic heterocycles. The number of amides is 1. The molecule has 7 heteroatoms. The molecule has 1 amide bonds. The first kappa shape index (κ1) is 29.1. The Morgan fingerprint density at radius 1 is 0.841 bits per heavy atom. The number of rotatable bonds is 11. The fourth-order valence-electron chi connectivity index (χ4n) is 5.74. The largest absolute Gasteiger partial charge is 0.361 e. The zero-order valence-corrected chi connectivity index (χ0v) is 25.2. The highest BCUT2D eigenvalue weighted by Crippen LogP contribution is 2.31. The summed E-state index contributed by atoms with van der Waals surface area (Å²) in [4.78, 5) is 16.8. The van der Waals surface area contributed by atoms with Crippen LogP contribution in [0.2, 0.25) is 0 Å². The highest BCUT2D eigenvalue weighted by molar-refractivity contribution is 5.86. The number of nitrogens with zero attached hydrogens (tertiary/aromatic N) is 3. The average Bonchev–Trinajstić information content (AvgIpc) is 3.64. The molecule has 44 heavy (non-hydrogen) atoms. The lowest BCUT2D eigenvalue weighted by Crippen LogP contribution is -2.50. The number of aromatic nitrogens is 4. The molecule has 7 nitrogen and oxygen atoms in total. The van der Waals surface area contributed by atoms with Crippen molar-refractivity contribution in [3.05, 3.63) is 155 Å². The molecule has 1 atom stereocenters. The van der Waals surface area contributed by atoms with Crippen LogP contribution in [0.25, 0.3) is 10.9 Å². The van der Waals surface area contributed by atoms with E-state index in [0.29, 0.717) is 25.2 Å². The molecule has 4 aromatic carbocycles. The molecule has 222 valence electrons. The number of hydrogen-bond donors (Lipinski definition) is 3. The first-order valence-electron chi connectivity index (χ1n) is 15.1. The molecule has 0 saturated carbocycles. The number of para-hydroxylation sites is 1. The second kappa shape index (κ2) is 12.7. The molecule has 4 N–H and O–H groups in total. The van der Waals surface area contributed by atoms with Gasteiger partial charge < -0.3 is 20.6 Å². The number of benzene rings is 4. The van der Waals surface area contributed by atoms with Crippen molar-refractivity contribution < 1.29 is 4.79 Å². The van der Waals surface area contributed by atoms with Gasteiger partial charge in [-0.2, -0.15) is 0 Å². The van der Waals surface area contributed by atoms with Crippen molar-refractivity contribution in [1.29, 1.82) is 0 Å². The van der Waals surface area contributed by atoms with Crippen LogP contribution in [0, 0.1) is 0 Å². The van der Waals surface area contributed by atoms with Gasteiger partial charge in [-0.15, -0.1) is 10.2 Å². The van der Waals surface area contributed by atoms with Gasteiger partial charge in [0.25, 0.3) is 0 Å². The molecule has 0 spiro atoms. The highest BCUT2D eigenvalue weighted by atomic mass is 16.2. The van der Waals surface area contributed by atoms with E-state index in [1.54, 1.807) is 13.8 Å². The lowest BCUT2D eigenvalue weighted by Gasteiger charge is -2.26. The summed E-state index contributed by atoms with van der Waals surface area (Å²) in [7, 11) is 0. The van der Waals surface area contributed by atoms with Gasteiger partial charge in [-0.05, 0) is 42.2 Å². The first-order valence-corrected chi connectivity index (χ1v) is 15.1. The smallest absolute Gasteiger partial charge is 0.240 e. The Hall–Kier alpha value is -5.01. The van der Waals surface area contributed by atoms with E-state index in [2.05, 4.69) is 87.7 Å². The summed E-state index contributed by atoms with van der Waals surface area (Å²) in [6.07, 6.45) is 3.15. The predicted molar refractivity (Wildman–Crippen MR) is 175 cm³/mol. The van der Waals surface area contributed by atoms with E-state index >= 15 is 0 Å². The van der Waals surface area contributed by atoms with Crippen molar-refractivity contribution in [2.45, 2.75) is 50.7 Å². The molecule has 0 saturated heterocycles. The van der Waals surface area contributed by atoms with Gasteiger partial charge in [0.15, 0.2) is 5.82 Å². The number of carbonyl (C=O) groups is 1. The summed E-state index contributed by atoms with van der Waals surface area (Å²) in [5, 5.41) is 13.9. The van der Waals surface area contributed by atoms with Crippen molar-refractivity contribution in [3.8, 4) is 0 Å². The molecule has 6 rings (SSSR count). The Kier molecular flexibility index (Phi) is 8.39. The van der Waals surface area contributed by atoms with Crippen molar-refractivity contribution in [1.82, 2.24) is 25.1 Å². The molecule has 2 heterocycles. The third-order valence-electron chi connectivity index (χ3n) is 8.13. The summed E-state index contributed by atoms with van der Waals surface area (Å²) in [5.41, 5.74) is 10.9. The number of carbonyl (C=O) groups excluding carboxylic acids is 1. The molecule has 0 aliphatic carbocycles. The quantitative estimate of drug-likeness (QED) is 0.166. The van der Waals surface area contributed by atoms with Crippen LogP contribution in [-0.4, -0.2) is 31.2 Å². The van der Waals surface area contributed by atoms with Crippen molar-refractivity contribution in [2.24, 2.45) is 5.73 Å². The fraction of sp³-hybridized carbons (Fsp3) is 0.216. The van der Waals surface area contributed by atoms with Crippen LogP contribution >= 0.6 is 0 Å². The van der Waals surface area contributed by atoms with E-state index in [0.717, 1.165) is 27.9 Å². The average molecular weight is 583 g/mol. The van der Waals surface area contributed by atoms with Crippen LogP contribution in [0.3, 0.4) is 0 Å². The monoisotopic (exact) mass is 582 g/mol. The third kappa shape index (κ3) is 6.48. The predicted octanol–water partition coefficient (Wildman–Crippen LogP) is 6.32. The van der Waals surface area contributed by atoms with Crippen LogP contribution < -0.4 is 11.1 Å². The fourth-order valence-corrected chi connectivity index (χ4v) is 5.74. The molecular weight excluding hydrogens is 544 g/mol. The summed E-state index contributed by atoms with van der Waals surface area (Å²) in [6.45, 7) is 4.04. The van der Waals surface area contributed by atoms with Gasteiger partial charge in [0.2, 0.25) is 5.91 Å². The Balaban J connectivity index is 1.47. The van der Waals surface area contributed by atoms with E-state index in [4.69, 9.17) is 15.9 Å². The Bertz CT molecular complexity index is 1780. The Morgan fingerprint density at radius 2 is 1.43 bits per heavy atom. The summed E-state index contributed by atoms with van der Waals surface area (Å²) < 4.78 is 2.21. The third-order valence-corrected chi connectivity index (χ3v) is 8.13. The summed E-state index contributed by atoms with van der Waals surface area (Å²) in [5.74, 6) is 1.34. The minimum atomic E-state index is -1.06. The van der Waals surface area contributed by atoms with Crippen LogP contribution in [0.4, 0.5) is 0 Å². The van der Waals surface area contributed by atoms with E-state index in [1.807, 2.05) is 48.7 Å². The Labute approximate surface area is 258 Å². The number of nitrogens with two attached hydrogens (primary N) is 1. The molecule has 0 aliphatic rings. The van der Waals surface area contributed by atoms with Crippen LogP contribution in [0.15, 0.2) is 121 Å². The second-order valence-electron chi connectivity index (χ2n) is 11.9. The molecule has 0 bridgehead atoms. The van der Waals surface area contributed by atoms with Crippen LogP contribution in [-0.2, 0) is 24.2 Å². The van der Waals surface area contributed by atoms with E-state index in [1.165, 1.54) is 11.1 Å². The van der Waals surface area contributed by atoms with Crippen molar-refractivity contribution >= 4 is 16.8 Å². The van der Waals surface area contributed by atoms with Gasteiger partial charge >= 0.3 is 0 Å². The Morgan fingerprint density at radius 3 is 2.07 bits per heavy atom. The zero-order valence-electron chi connectivity index (χ0n) is 25.2. The molecule has 0 aliphatic heterocycles. The number of fused-ring (bicyclic) bond motifs is 1. The van der Waals surface area contributed by atoms with Gasteiger partial charge in [-0.25, -0.2) is 0 Å². The zero-order chi connectivity index (χ0) is 30.5. The normalized spacial score (nSPS) is 12.5. The maximum absolute atomic E-state index is 13.4. The standard InChI is InChI=1S/C37H38N6O/c1-37(2,38)36(44)40-33(23-29-24-39-32-21-13-12-20-30(29)32)35-42-41-34(22-26-14-6-3-7-15-26)43(35)25-31(27-16-8-4-9-17-27)28-18-10-5-11-19-28/h3-21,24,31,33,39H,22-23,25,38H2,1-2H3,(H,40,44). The molecule has 6 aromatic rings. The highest BCUT2D eigenvalue weighted by Gasteiger charge is 2.30. The lowest BCUT2D eigenvalue weighted by molar-refractivity contribution is -0.126. The first-order chi connectivity index (χ1) is 21.4. The minimum Gasteiger partial charge on any atom is -0.361 e. The maximum atomic E-state index is 13.4. The molecular formula is C37H38N6O. The van der Waals surface area contributed by atoms with Crippen molar-refractivity contribution in [2.75, 3.05) is 0 Å². The van der Waals surface area contributed by atoms with E-state index in [9.17, 15) is 4.79 Å². The van der Waals surface area contributed by atoms with Crippen LogP contribution in [0.5, 0.6) is 0 Å². The lowest BCUT2D eigenvalue weighted by atomic mass is 9.91. The maximum Gasteiger partial charge on any atom is 0.240 e. The summed E-state index contributed by atoms with van der Waals surface area (Å²) in [6, 6.07) is 39.1. The number of H-pyrrole nitrogens is 1. The van der Waals surface area contributed by atoms with Gasteiger partial charge in [0.1, 0.15) is 5.82 Å². The minimum absolute atomic E-state index is 0.0389. The van der Waals surface area contributed by atoms with Crippen LogP contribution in [0.1, 0.15) is 59.7 Å². The van der Waals surface area contributed by atoms with E-state index < -0.39 is 11.6 Å². The number of hydrogen-bond acceptors (Lipinski definition) is 4.